The molecule has 0 aromatic heterocycles. The minimum Gasteiger partial charge on any atom is -0.357 e. The van der Waals surface area contributed by atoms with Gasteiger partial charge in [0, 0.05) is 18.1 Å². The molecule has 5 rings (SSSR count). The number of ether oxygens (including phenoxy) is 1. The van der Waals surface area contributed by atoms with Crippen molar-refractivity contribution in [2.45, 2.75) is 31.2 Å². The molecule has 30 heavy (non-hydrogen) atoms. The van der Waals surface area contributed by atoms with Crippen LogP contribution in [0.4, 0.5) is 0 Å². The monoisotopic (exact) mass is 422 g/mol. The molecule has 1 N–H and O–H groups in total. The maximum absolute atomic E-state index is 13.4. The zero-order valence-corrected chi connectivity index (χ0v) is 17.4. The fraction of sp³-hybridized carbons (Fsp3) is 0.333. The number of hydrogen-bond donors (Lipinski definition) is 1. The van der Waals surface area contributed by atoms with Gasteiger partial charge in [-0.3, -0.25) is 9.59 Å². The normalized spacial score (nSPS) is 31.3. The fourth-order valence-electron chi connectivity index (χ4n) is 5.12. The van der Waals surface area contributed by atoms with Gasteiger partial charge < -0.3 is 15.0 Å². The summed E-state index contributed by atoms with van der Waals surface area (Å²) >= 11 is 6.22. The molecular weight excluding hydrogens is 400 g/mol. The smallest absolute Gasteiger partial charge is 0.230 e. The van der Waals surface area contributed by atoms with E-state index in [0.717, 1.165) is 11.1 Å². The van der Waals surface area contributed by atoms with Gasteiger partial charge in [0.1, 0.15) is 5.60 Å². The van der Waals surface area contributed by atoms with E-state index < -0.39 is 23.0 Å². The van der Waals surface area contributed by atoms with Crippen LogP contribution >= 0.6 is 11.6 Å². The van der Waals surface area contributed by atoms with Crippen LogP contribution in [-0.2, 0) is 27.4 Å². The van der Waals surface area contributed by atoms with E-state index in [1.54, 1.807) is 6.07 Å². The van der Waals surface area contributed by atoms with Crippen LogP contribution in [0.3, 0.4) is 0 Å². The first kappa shape index (κ1) is 19.3. The number of nitrogens with one attached hydrogen (secondary N) is 1. The van der Waals surface area contributed by atoms with E-state index in [-0.39, 0.29) is 11.8 Å². The molecule has 4 atom stereocenters. The molecule has 3 aliphatic heterocycles. The number of rotatable bonds is 5. The molecule has 3 heterocycles. The maximum atomic E-state index is 13.4. The van der Waals surface area contributed by atoms with Crippen LogP contribution in [0.2, 0.25) is 5.02 Å². The predicted octanol–water partition coefficient (Wildman–Crippen LogP) is 3.33. The molecule has 3 aliphatic rings. The van der Waals surface area contributed by atoms with Gasteiger partial charge >= 0.3 is 0 Å². The van der Waals surface area contributed by atoms with Gasteiger partial charge in [-0.1, -0.05) is 72.3 Å². The molecule has 2 aromatic rings. The largest absolute Gasteiger partial charge is 0.357 e. The minimum atomic E-state index is -0.774. The molecule has 2 bridgehead atoms. The van der Waals surface area contributed by atoms with Gasteiger partial charge in [0.25, 0.3) is 0 Å². The molecule has 0 saturated carbocycles. The van der Waals surface area contributed by atoms with Crippen LogP contribution in [0.5, 0.6) is 0 Å². The summed E-state index contributed by atoms with van der Waals surface area (Å²) in [5.41, 5.74) is 0.402. The average molecular weight is 423 g/mol. The molecular formula is C24H23ClN2O3. The minimum absolute atomic E-state index is 0.0233. The highest BCUT2D eigenvalue weighted by molar-refractivity contribution is 6.31. The van der Waals surface area contributed by atoms with E-state index in [9.17, 15) is 9.59 Å². The molecule has 4 unspecified atom stereocenters. The van der Waals surface area contributed by atoms with Gasteiger partial charge in [0.2, 0.25) is 11.8 Å². The number of likely N-dealkylation sites (tertiary alicyclic amines) is 1. The van der Waals surface area contributed by atoms with Gasteiger partial charge in [-0.15, -0.1) is 0 Å². The SMILES string of the molecule is CC12C=CC3(CN(Cc4ccccc4)C(=O)C3C1C(=O)NCc1ccccc1Cl)O2. The number of carbonyl (C=O) groups is 2. The quantitative estimate of drug-likeness (QED) is 0.752. The van der Waals surface area contributed by atoms with Crippen LogP contribution < -0.4 is 5.32 Å². The lowest BCUT2D eigenvalue weighted by Gasteiger charge is -2.29. The number of benzene rings is 2. The second-order valence-corrected chi connectivity index (χ2v) is 8.93. The Morgan fingerprint density at radius 1 is 1.17 bits per heavy atom. The Hall–Kier alpha value is -2.63. The zero-order chi connectivity index (χ0) is 20.9. The Morgan fingerprint density at radius 3 is 2.67 bits per heavy atom. The number of carbonyl (C=O) groups excluding carboxylic acids is 2. The van der Waals surface area contributed by atoms with Crippen molar-refractivity contribution < 1.29 is 14.3 Å². The van der Waals surface area contributed by atoms with Crippen molar-refractivity contribution in [3.8, 4) is 0 Å². The van der Waals surface area contributed by atoms with Crippen molar-refractivity contribution >= 4 is 23.4 Å². The van der Waals surface area contributed by atoms with Crippen LogP contribution in [-0.4, -0.2) is 34.5 Å². The van der Waals surface area contributed by atoms with E-state index >= 15 is 0 Å². The average Bonchev–Trinajstić information content (AvgIpc) is 3.30. The van der Waals surface area contributed by atoms with Crippen LogP contribution in [0.15, 0.2) is 66.7 Å². The summed E-state index contributed by atoms with van der Waals surface area (Å²) in [5.74, 6) is -1.28. The summed E-state index contributed by atoms with van der Waals surface area (Å²) in [4.78, 5) is 28.4. The van der Waals surface area contributed by atoms with Crippen LogP contribution in [0.1, 0.15) is 18.1 Å². The maximum Gasteiger partial charge on any atom is 0.230 e. The highest BCUT2D eigenvalue weighted by atomic mass is 35.5. The molecule has 0 aliphatic carbocycles. The highest BCUT2D eigenvalue weighted by Gasteiger charge is 2.71. The van der Waals surface area contributed by atoms with Gasteiger partial charge in [-0.25, -0.2) is 0 Å². The number of hydrogen-bond acceptors (Lipinski definition) is 3. The Bertz CT molecular complexity index is 1040. The molecule has 2 fully saturated rings. The Balaban J connectivity index is 1.37. The first-order valence-corrected chi connectivity index (χ1v) is 10.5. The van der Waals surface area contributed by atoms with Gasteiger partial charge in [0.05, 0.1) is 24.0 Å². The Morgan fingerprint density at radius 2 is 1.90 bits per heavy atom. The lowest BCUT2D eigenvalue weighted by atomic mass is 9.72. The van der Waals surface area contributed by atoms with E-state index in [2.05, 4.69) is 5.32 Å². The van der Waals surface area contributed by atoms with E-state index in [1.165, 1.54) is 0 Å². The fourth-order valence-corrected chi connectivity index (χ4v) is 5.33. The predicted molar refractivity (Wildman–Crippen MR) is 113 cm³/mol. The van der Waals surface area contributed by atoms with Crippen molar-refractivity contribution in [3.05, 3.63) is 82.9 Å². The summed E-state index contributed by atoms with van der Waals surface area (Å²) in [6.45, 7) is 3.19. The number of amides is 2. The van der Waals surface area contributed by atoms with Crippen LogP contribution in [0.25, 0.3) is 0 Å². The molecule has 154 valence electrons. The molecule has 0 radical (unpaired) electrons. The van der Waals surface area contributed by atoms with E-state index in [1.807, 2.05) is 72.5 Å². The second kappa shape index (κ2) is 6.96. The van der Waals surface area contributed by atoms with Gasteiger partial charge in [-0.2, -0.15) is 0 Å². The number of fused-ring (bicyclic) bond motifs is 1. The standard InChI is InChI=1S/C24H23ClN2O3/c1-23-11-12-24(30-23)15-27(14-16-7-3-2-4-8-16)22(29)20(24)19(23)21(28)26-13-17-9-5-6-10-18(17)25/h2-12,19-20H,13-15H2,1H3,(H,26,28). The summed E-state index contributed by atoms with van der Waals surface area (Å²) in [5, 5.41) is 3.59. The molecule has 2 saturated heterocycles. The van der Waals surface area contributed by atoms with Crippen molar-refractivity contribution in [1.82, 2.24) is 10.2 Å². The molecule has 1 spiro atoms. The lowest BCUT2D eigenvalue weighted by Crippen LogP contribution is -2.47. The first-order chi connectivity index (χ1) is 14.4. The molecule has 6 heteroatoms. The summed E-state index contributed by atoms with van der Waals surface area (Å²) in [7, 11) is 0. The first-order valence-electron chi connectivity index (χ1n) is 10.2. The highest BCUT2D eigenvalue weighted by Crippen LogP contribution is 2.57. The molecule has 2 amide bonds. The topological polar surface area (TPSA) is 58.6 Å². The number of nitrogens with zero attached hydrogens (tertiary/aromatic N) is 1. The van der Waals surface area contributed by atoms with Crippen molar-refractivity contribution in [2.75, 3.05) is 6.54 Å². The van der Waals surface area contributed by atoms with Crippen molar-refractivity contribution in [3.63, 3.8) is 0 Å². The summed E-state index contributed by atoms with van der Waals surface area (Å²) in [6.07, 6.45) is 3.93. The number of halogens is 1. The summed E-state index contributed by atoms with van der Waals surface area (Å²) < 4.78 is 6.36. The third-order valence-corrected chi connectivity index (χ3v) is 6.88. The molecule has 2 aromatic carbocycles. The van der Waals surface area contributed by atoms with E-state index in [4.69, 9.17) is 16.3 Å². The lowest BCUT2D eigenvalue weighted by molar-refractivity contribution is -0.139. The van der Waals surface area contributed by atoms with E-state index in [0.29, 0.717) is 24.7 Å². The third kappa shape index (κ3) is 2.96. The zero-order valence-electron chi connectivity index (χ0n) is 16.7. The van der Waals surface area contributed by atoms with Crippen LogP contribution in [0, 0.1) is 11.8 Å². The Kier molecular flexibility index (Phi) is 4.49. The second-order valence-electron chi connectivity index (χ2n) is 8.52. The summed E-state index contributed by atoms with van der Waals surface area (Å²) in [6, 6.07) is 17.3. The van der Waals surface area contributed by atoms with Crippen molar-refractivity contribution in [1.29, 1.82) is 0 Å². The van der Waals surface area contributed by atoms with Crippen molar-refractivity contribution in [2.24, 2.45) is 11.8 Å². The van der Waals surface area contributed by atoms with Gasteiger partial charge in [-0.05, 0) is 24.1 Å². The molecule has 5 nitrogen and oxygen atoms in total. The third-order valence-electron chi connectivity index (χ3n) is 6.51. The Labute approximate surface area is 180 Å². The van der Waals surface area contributed by atoms with Gasteiger partial charge in [0.15, 0.2) is 0 Å².